The number of β-lactam (4-membered cyclic amide) rings is 2. The molecular weight excluding hydrogens is 1130 g/mol. The number of nitrogens with zero attached hydrogens (tertiary/aromatic N) is 4. The molecule has 0 bridgehead atoms. The Morgan fingerprint density at radius 1 is 0.658 bits per heavy atom. The predicted molar refractivity (Wildman–Crippen MR) is 280 cm³/mol. The second kappa shape index (κ2) is 29.5. The predicted octanol–water partition coefficient (Wildman–Crippen LogP) is 7.67. The van der Waals surface area contributed by atoms with Crippen molar-refractivity contribution in [2.24, 2.45) is 47.3 Å². The van der Waals surface area contributed by atoms with Gasteiger partial charge in [0.25, 0.3) is 11.4 Å². The van der Waals surface area contributed by atoms with Gasteiger partial charge >= 0.3 is 42.1 Å². The summed E-state index contributed by atoms with van der Waals surface area (Å²) >= 11 is 2.25. The summed E-state index contributed by atoms with van der Waals surface area (Å²) in [5.41, 5.74) is -0.604. The molecule has 24 nitrogen and oxygen atoms in total. The van der Waals surface area contributed by atoms with E-state index in [1.807, 2.05) is 48.5 Å². The molecule has 0 aromatic heterocycles. The number of ether oxygens (including phenoxy) is 6. The van der Waals surface area contributed by atoms with Crippen LogP contribution in [0.3, 0.4) is 0 Å². The topological polar surface area (TPSA) is 319 Å². The van der Waals surface area contributed by atoms with E-state index in [0.717, 1.165) is 40.6 Å². The number of benzene rings is 2. The van der Waals surface area contributed by atoms with Crippen molar-refractivity contribution in [3.8, 4) is 0 Å². The van der Waals surface area contributed by atoms with Crippen molar-refractivity contribution < 1.29 is 86.2 Å². The number of carbonyl (C=O) groups is 10. The first-order valence-electron chi connectivity index (χ1n) is 23.4. The Bertz CT molecular complexity index is 2550. The third-order valence-electron chi connectivity index (χ3n) is 11.8. The highest BCUT2D eigenvalue weighted by atomic mass is 127. The fourth-order valence-electron chi connectivity index (χ4n) is 8.05. The summed E-state index contributed by atoms with van der Waals surface area (Å²) in [6, 6.07) is 7.30. The number of halogens is 1. The van der Waals surface area contributed by atoms with E-state index in [-0.39, 0.29) is 103 Å². The molecule has 2 aromatic carbocycles. The molecule has 26 heteroatoms. The second-order valence-electron chi connectivity index (χ2n) is 18.8. The average molecular weight is 1200 g/mol. The van der Waals surface area contributed by atoms with Crippen LogP contribution in [-0.4, -0.2) is 122 Å². The number of hydrogen-bond donors (Lipinski definition) is 0. The molecule has 3 heterocycles. The van der Waals surface area contributed by atoms with Crippen molar-refractivity contribution in [2.45, 2.75) is 88.7 Å². The molecule has 3 amide bonds. The third-order valence-corrected chi connectivity index (χ3v) is 11.8. The summed E-state index contributed by atoms with van der Waals surface area (Å²) in [6.07, 6.45) is -1.95. The van der Waals surface area contributed by atoms with Gasteiger partial charge in [-0.05, 0) is 47.9 Å². The largest absolute Gasteiger partial charge is 0.508 e. The van der Waals surface area contributed by atoms with Gasteiger partial charge < -0.3 is 33.3 Å². The lowest BCUT2D eigenvalue weighted by Crippen LogP contribution is -2.69. The molecule has 2 saturated heterocycles. The van der Waals surface area contributed by atoms with Crippen LogP contribution in [0.15, 0.2) is 59.8 Å². The summed E-state index contributed by atoms with van der Waals surface area (Å²) in [5, 5.41) is 21.5. The monoisotopic (exact) mass is 1200 g/mol. The van der Waals surface area contributed by atoms with Crippen LogP contribution < -0.4 is 0 Å². The highest BCUT2D eigenvalue weighted by Crippen LogP contribution is 2.49. The van der Waals surface area contributed by atoms with E-state index >= 15 is 0 Å². The van der Waals surface area contributed by atoms with Gasteiger partial charge in [-0.3, -0.25) is 44.3 Å². The number of Topliss-reactive ketones (excluding diaryl/α,β-unsaturated/α-hetero) is 1. The average Bonchev–Trinajstić information content (AvgIpc) is 3.59. The molecule has 3 aliphatic heterocycles. The lowest BCUT2D eigenvalue weighted by Gasteiger charge is -2.49. The van der Waals surface area contributed by atoms with Crippen LogP contribution >= 0.6 is 31.8 Å². The lowest BCUT2D eigenvalue weighted by atomic mass is 9.72. The fraction of sp³-hybridized carbons (Fsp3) is 0.520. The summed E-state index contributed by atoms with van der Waals surface area (Å²) in [7, 11) is 2.57. The Kier molecular flexibility index (Phi) is 25.4. The molecule has 7 atom stereocenters. The minimum absolute atomic E-state index is 0. The minimum atomic E-state index is -1.66. The van der Waals surface area contributed by atoms with E-state index < -0.39 is 88.1 Å². The Balaban J connectivity index is 0.000000489. The van der Waals surface area contributed by atoms with E-state index in [1.165, 1.54) is 24.0 Å². The smallest absolute Gasteiger partial charge is 0.434 e. The fourth-order valence-corrected chi connectivity index (χ4v) is 8.05. The van der Waals surface area contributed by atoms with E-state index in [2.05, 4.69) is 36.6 Å². The summed E-state index contributed by atoms with van der Waals surface area (Å²) in [6.45, 7) is 17.1. The Morgan fingerprint density at radius 3 is 1.51 bits per heavy atom. The van der Waals surface area contributed by atoms with E-state index in [4.69, 9.17) is 23.7 Å². The first kappa shape index (κ1) is 65.4. The number of ketones is 1. The highest BCUT2D eigenvalue weighted by Gasteiger charge is 2.60. The number of rotatable bonds is 17. The number of imide groups is 1. The molecule has 76 heavy (non-hydrogen) atoms. The highest BCUT2D eigenvalue weighted by molar-refractivity contribution is 14.1. The summed E-state index contributed by atoms with van der Waals surface area (Å²) in [5.74, 6) is -10.6. The molecule has 416 valence electrons. The summed E-state index contributed by atoms with van der Waals surface area (Å²) in [4.78, 5) is 147. The number of fused-ring (bicyclic) bond motifs is 1. The van der Waals surface area contributed by atoms with Gasteiger partial charge in [-0.25, -0.2) is 28.8 Å². The first-order chi connectivity index (χ1) is 35.1. The van der Waals surface area contributed by atoms with Crippen molar-refractivity contribution in [1.82, 2.24) is 9.80 Å². The Morgan fingerprint density at radius 2 is 1.09 bits per heavy atom. The zero-order valence-corrected chi connectivity index (χ0v) is 46.1. The Labute approximate surface area is 454 Å². The number of nitro groups is 2. The van der Waals surface area contributed by atoms with Crippen LogP contribution in [0, 0.1) is 67.6 Å². The number of nitro benzene ring substituents is 2. The number of esters is 4. The zero-order chi connectivity index (χ0) is 56.8. The molecule has 2 aromatic rings. The summed E-state index contributed by atoms with van der Waals surface area (Å²) < 4.78 is 30.5. The molecule has 0 radical (unpaired) electrons. The maximum atomic E-state index is 13.1. The van der Waals surface area contributed by atoms with Gasteiger partial charge in [0.2, 0.25) is 11.8 Å². The van der Waals surface area contributed by atoms with Gasteiger partial charge in [-0.15, -0.1) is 9.24 Å². The quantitative estimate of drug-likeness (QED) is 0.0140. The molecule has 0 saturated carbocycles. The van der Waals surface area contributed by atoms with Crippen molar-refractivity contribution >= 4 is 103 Å². The molecule has 5 unspecified atom stereocenters. The second-order valence-corrected chi connectivity index (χ2v) is 21.7. The van der Waals surface area contributed by atoms with Crippen LogP contribution in [0.1, 0.15) is 97.4 Å². The van der Waals surface area contributed by atoms with Gasteiger partial charge in [0.1, 0.15) is 12.3 Å². The molecule has 0 aliphatic carbocycles. The van der Waals surface area contributed by atoms with Crippen molar-refractivity contribution in [3.05, 3.63) is 91.2 Å². The van der Waals surface area contributed by atoms with Gasteiger partial charge in [0.05, 0.1) is 58.1 Å². The van der Waals surface area contributed by atoms with Crippen LogP contribution in [0.5, 0.6) is 0 Å². The molecule has 0 spiro atoms. The molecule has 0 N–H and O–H groups in total. The van der Waals surface area contributed by atoms with Crippen molar-refractivity contribution in [3.63, 3.8) is 0 Å². The van der Waals surface area contributed by atoms with E-state index in [1.54, 1.807) is 13.8 Å². The number of amides is 3. The zero-order valence-electron chi connectivity index (χ0n) is 42.8. The number of non-ortho nitro benzene ring substituents is 2. The number of carbonyl (C=O) groups excluding carboxylic acids is 10. The molecule has 2 fully saturated rings. The van der Waals surface area contributed by atoms with Gasteiger partial charge in [0, 0.05) is 45.8 Å². The van der Waals surface area contributed by atoms with Crippen molar-refractivity contribution in [1.29, 1.82) is 0 Å². The van der Waals surface area contributed by atoms with Gasteiger partial charge in [-0.1, -0.05) is 99.3 Å². The number of likely N-dealkylation sites (tertiary alicyclic amines) is 1. The van der Waals surface area contributed by atoms with Crippen LogP contribution in [0.25, 0.3) is 0 Å². The molecule has 5 rings (SSSR count). The lowest BCUT2D eigenvalue weighted by molar-refractivity contribution is -0.385. The third kappa shape index (κ3) is 16.6. The van der Waals surface area contributed by atoms with Gasteiger partial charge in [0.15, 0.2) is 12.4 Å². The molecular formula is C50H64IN4O20P. The molecule has 3 aliphatic rings. The number of alkyl halides is 1. The standard InChI is InChI=1S/C24H28N2O11.C24H28N2O9.CH4IP.CH4/c1-12(2)10-35-24(32)36-11-17(27)14(5)19-18(13(3)4)20(28)25(19)21(29)23(31)37-22(30)15-6-8-16(9-7-15)26(33)34;1-12(2)10-33-24(30)34-11-17-14(5)19-18(13(3)4)21(27)25(19)20(17)23(29)35-22(28)15-6-8-16(9-7-15)26(31)32;2-1-3;/h6-9,12-14,18-19H,10-11H2,1-5H3;6-9,12-14,18-19H,10-11H2,1-5H3;1,3H2;1H4/t2*14-,18?,19?;;/m00../s1. The Hall–Kier alpha value is -6.76. The SMILES string of the molecule is C.CC(C)COC(=O)OCC(=O)[C@H](C)C1C(C(C)C)C(=O)N1C(=O)C(=O)OC(=O)c1ccc([N+](=O)[O-])cc1.CC(C)COC(=O)OCC1=C(C(=O)OC(=O)c2ccc([N+](=O)[O-])cc2)N2C(=O)C(C(C)C)C2[C@H]1C.PCI. The van der Waals surface area contributed by atoms with Crippen molar-refractivity contribution in [2.75, 3.05) is 30.6 Å². The van der Waals surface area contributed by atoms with E-state index in [0.29, 0.717) is 10.5 Å². The van der Waals surface area contributed by atoms with Crippen LogP contribution in [-0.2, 0) is 57.2 Å². The first-order valence-corrected chi connectivity index (χ1v) is 25.8. The van der Waals surface area contributed by atoms with Gasteiger partial charge in [-0.2, -0.15) is 0 Å². The number of hydrogen-bond acceptors (Lipinski definition) is 20. The maximum absolute atomic E-state index is 13.1. The van der Waals surface area contributed by atoms with Crippen LogP contribution in [0.2, 0.25) is 0 Å². The van der Waals surface area contributed by atoms with Crippen LogP contribution in [0.4, 0.5) is 21.0 Å². The minimum Gasteiger partial charge on any atom is -0.434 e. The normalized spacial score (nSPS) is 18.5. The maximum Gasteiger partial charge on any atom is 0.508 e. The van der Waals surface area contributed by atoms with E-state index in [9.17, 15) is 68.2 Å².